The van der Waals surface area contributed by atoms with E-state index in [9.17, 15) is 4.79 Å². The van der Waals surface area contributed by atoms with Crippen molar-refractivity contribution in [3.63, 3.8) is 0 Å². The van der Waals surface area contributed by atoms with Crippen molar-refractivity contribution in [1.82, 2.24) is 14.3 Å². The van der Waals surface area contributed by atoms with Gasteiger partial charge in [0.25, 0.3) is 0 Å². The summed E-state index contributed by atoms with van der Waals surface area (Å²) in [6.45, 7) is 1.89. The summed E-state index contributed by atoms with van der Waals surface area (Å²) in [4.78, 5) is 11.7. The third-order valence-corrected chi connectivity index (χ3v) is 2.77. The van der Waals surface area contributed by atoms with Crippen LogP contribution in [0.1, 0.15) is 5.56 Å². The predicted molar refractivity (Wildman–Crippen MR) is 63.0 cm³/mol. The molecule has 2 aromatic rings. The van der Waals surface area contributed by atoms with Gasteiger partial charge in [0.2, 0.25) is 5.95 Å². The molecule has 84 valence electrons. The molecule has 0 amide bonds. The zero-order valence-corrected chi connectivity index (χ0v) is 9.69. The van der Waals surface area contributed by atoms with Gasteiger partial charge in [0, 0.05) is 12.1 Å². The van der Waals surface area contributed by atoms with Gasteiger partial charge in [-0.2, -0.15) is 0 Å². The second kappa shape index (κ2) is 3.68. The summed E-state index contributed by atoms with van der Waals surface area (Å²) in [5, 5.41) is 4.43. The van der Waals surface area contributed by atoms with Crippen LogP contribution in [0, 0.1) is 6.92 Å². The summed E-state index contributed by atoms with van der Waals surface area (Å²) >= 11 is 5.99. The molecule has 1 heterocycles. The second-order valence-corrected chi connectivity index (χ2v) is 3.94. The summed E-state index contributed by atoms with van der Waals surface area (Å²) in [5.41, 5.74) is 6.92. The van der Waals surface area contributed by atoms with Crippen LogP contribution in [0.5, 0.6) is 0 Å². The van der Waals surface area contributed by atoms with Gasteiger partial charge in [0.05, 0.1) is 5.69 Å². The van der Waals surface area contributed by atoms with E-state index >= 15 is 0 Å². The Morgan fingerprint density at radius 2 is 2.12 bits per heavy atom. The van der Waals surface area contributed by atoms with Gasteiger partial charge in [0.1, 0.15) is 0 Å². The Morgan fingerprint density at radius 3 is 2.62 bits per heavy atom. The average Bonchev–Trinajstić information content (AvgIpc) is 2.47. The number of benzene rings is 1. The van der Waals surface area contributed by atoms with Crippen molar-refractivity contribution in [2.24, 2.45) is 7.05 Å². The van der Waals surface area contributed by atoms with Gasteiger partial charge in [-0.3, -0.25) is 0 Å². The van der Waals surface area contributed by atoms with E-state index < -0.39 is 0 Å². The van der Waals surface area contributed by atoms with E-state index in [1.54, 1.807) is 19.2 Å². The predicted octanol–water partition coefficient (Wildman–Crippen LogP) is 1.12. The minimum absolute atomic E-state index is 0.146. The minimum Gasteiger partial charge on any atom is -0.368 e. The van der Waals surface area contributed by atoms with Crippen molar-refractivity contribution in [2.75, 3.05) is 5.73 Å². The third-order valence-electron chi connectivity index (χ3n) is 2.36. The van der Waals surface area contributed by atoms with Gasteiger partial charge in [0.15, 0.2) is 0 Å². The number of rotatable bonds is 1. The van der Waals surface area contributed by atoms with Crippen LogP contribution in [0.4, 0.5) is 5.95 Å². The summed E-state index contributed by atoms with van der Waals surface area (Å²) in [6.07, 6.45) is 0. The van der Waals surface area contributed by atoms with E-state index in [0.717, 1.165) is 5.56 Å². The number of nitrogens with two attached hydrogens (primary N) is 1. The molecule has 2 N–H and O–H groups in total. The highest BCUT2D eigenvalue weighted by Gasteiger charge is 2.10. The molecular formula is C10H11ClN4O. The summed E-state index contributed by atoms with van der Waals surface area (Å²) in [7, 11) is 1.55. The lowest BCUT2D eigenvalue weighted by molar-refractivity contribution is 0.727. The molecule has 6 heteroatoms. The standard InChI is InChI=1S/C10H11ClN4O/c1-6-3-4-7(5-8(6)11)15-9(12)13-14(2)10(15)16/h3-5H,1-2H3,(H2,12,13). The topological polar surface area (TPSA) is 65.8 Å². The Morgan fingerprint density at radius 1 is 1.44 bits per heavy atom. The number of anilines is 1. The van der Waals surface area contributed by atoms with Crippen LogP contribution < -0.4 is 11.4 Å². The monoisotopic (exact) mass is 238 g/mol. The molecule has 0 bridgehead atoms. The maximum atomic E-state index is 11.7. The fraction of sp³-hybridized carbons (Fsp3) is 0.200. The molecule has 0 unspecified atom stereocenters. The van der Waals surface area contributed by atoms with Crippen LogP contribution in [-0.4, -0.2) is 14.3 Å². The van der Waals surface area contributed by atoms with E-state index in [2.05, 4.69) is 5.10 Å². The van der Waals surface area contributed by atoms with Gasteiger partial charge in [-0.15, -0.1) is 5.10 Å². The number of nitrogens with zero attached hydrogens (tertiary/aromatic N) is 3. The van der Waals surface area contributed by atoms with E-state index in [1.165, 1.54) is 9.25 Å². The highest BCUT2D eigenvalue weighted by atomic mass is 35.5. The summed E-state index contributed by atoms with van der Waals surface area (Å²) < 4.78 is 2.49. The SMILES string of the molecule is Cc1ccc(-n2c(N)nn(C)c2=O)cc1Cl. The number of hydrogen-bond donors (Lipinski definition) is 1. The van der Waals surface area contributed by atoms with Crippen molar-refractivity contribution in [3.05, 3.63) is 39.3 Å². The molecule has 1 aromatic carbocycles. The van der Waals surface area contributed by atoms with Gasteiger partial charge in [-0.05, 0) is 24.6 Å². The Labute approximate surface area is 97.1 Å². The van der Waals surface area contributed by atoms with Crippen molar-refractivity contribution < 1.29 is 0 Å². The van der Waals surface area contributed by atoms with E-state index in [1.807, 2.05) is 13.0 Å². The largest absolute Gasteiger partial charge is 0.368 e. The lowest BCUT2D eigenvalue weighted by atomic mass is 10.2. The number of nitrogen functional groups attached to an aromatic ring is 1. The molecule has 16 heavy (non-hydrogen) atoms. The fourth-order valence-corrected chi connectivity index (χ4v) is 1.62. The molecule has 0 radical (unpaired) electrons. The first-order valence-corrected chi connectivity index (χ1v) is 5.06. The van der Waals surface area contributed by atoms with Crippen molar-refractivity contribution in [2.45, 2.75) is 6.92 Å². The van der Waals surface area contributed by atoms with Gasteiger partial charge in [-0.25, -0.2) is 14.0 Å². The first-order chi connectivity index (χ1) is 7.50. The van der Waals surface area contributed by atoms with Crippen LogP contribution in [0.2, 0.25) is 5.02 Å². The average molecular weight is 239 g/mol. The van der Waals surface area contributed by atoms with Crippen LogP contribution in [0.15, 0.2) is 23.0 Å². The molecule has 0 aliphatic carbocycles. The molecular weight excluding hydrogens is 228 g/mol. The summed E-state index contributed by atoms with van der Waals surface area (Å²) in [6, 6.07) is 5.30. The lowest BCUT2D eigenvalue weighted by Gasteiger charge is -2.04. The molecule has 0 saturated carbocycles. The Hall–Kier alpha value is -1.75. The number of aryl methyl sites for hydroxylation is 2. The highest BCUT2D eigenvalue weighted by molar-refractivity contribution is 6.31. The minimum atomic E-state index is -0.294. The fourth-order valence-electron chi connectivity index (χ4n) is 1.45. The maximum absolute atomic E-state index is 11.7. The summed E-state index contributed by atoms with van der Waals surface area (Å²) in [5.74, 6) is 0.146. The smallest absolute Gasteiger partial charge is 0.351 e. The first kappa shape index (κ1) is 10.8. The molecule has 0 fully saturated rings. The van der Waals surface area contributed by atoms with E-state index in [0.29, 0.717) is 10.7 Å². The van der Waals surface area contributed by atoms with E-state index in [-0.39, 0.29) is 11.6 Å². The molecule has 1 aromatic heterocycles. The molecule has 0 saturated heterocycles. The molecule has 0 atom stereocenters. The van der Waals surface area contributed by atoms with E-state index in [4.69, 9.17) is 17.3 Å². The zero-order chi connectivity index (χ0) is 11.9. The first-order valence-electron chi connectivity index (χ1n) is 4.69. The van der Waals surface area contributed by atoms with Crippen molar-refractivity contribution in [3.8, 4) is 5.69 Å². The number of aromatic nitrogens is 3. The molecule has 5 nitrogen and oxygen atoms in total. The molecule has 0 aliphatic rings. The third kappa shape index (κ3) is 1.59. The quantitative estimate of drug-likeness (QED) is 0.810. The maximum Gasteiger partial charge on any atom is 0.351 e. The van der Waals surface area contributed by atoms with Gasteiger partial charge < -0.3 is 5.73 Å². The Kier molecular flexibility index (Phi) is 2.47. The Bertz CT molecular complexity index is 599. The molecule has 0 spiro atoms. The lowest BCUT2D eigenvalue weighted by Crippen LogP contribution is -2.21. The van der Waals surface area contributed by atoms with Crippen LogP contribution in [0.25, 0.3) is 5.69 Å². The van der Waals surface area contributed by atoms with Crippen LogP contribution >= 0.6 is 11.6 Å². The number of halogens is 1. The Balaban J connectivity index is 2.68. The molecule has 0 aliphatic heterocycles. The normalized spacial score (nSPS) is 10.7. The van der Waals surface area contributed by atoms with Crippen molar-refractivity contribution in [1.29, 1.82) is 0 Å². The highest BCUT2D eigenvalue weighted by Crippen LogP contribution is 2.19. The van der Waals surface area contributed by atoms with Crippen LogP contribution in [0.3, 0.4) is 0 Å². The van der Waals surface area contributed by atoms with Gasteiger partial charge in [-0.1, -0.05) is 17.7 Å². The zero-order valence-electron chi connectivity index (χ0n) is 8.94. The van der Waals surface area contributed by atoms with Gasteiger partial charge >= 0.3 is 5.69 Å². The molecule has 2 rings (SSSR count). The second-order valence-electron chi connectivity index (χ2n) is 3.53. The van der Waals surface area contributed by atoms with Crippen molar-refractivity contribution >= 4 is 17.5 Å². The number of hydrogen-bond acceptors (Lipinski definition) is 3. The van der Waals surface area contributed by atoms with Crippen LogP contribution in [-0.2, 0) is 7.05 Å².